The van der Waals surface area contributed by atoms with E-state index in [4.69, 9.17) is 0 Å². The van der Waals surface area contributed by atoms with Crippen LogP contribution < -0.4 is 5.32 Å². The van der Waals surface area contributed by atoms with Crippen molar-refractivity contribution in [3.63, 3.8) is 0 Å². The van der Waals surface area contributed by atoms with Crippen molar-refractivity contribution < 1.29 is 9.59 Å². The quantitative estimate of drug-likeness (QED) is 0.648. The first kappa shape index (κ1) is 12.9. The van der Waals surface area contributed by atoms with Gasteiger partial charge in [0.05, 0.1) is 0 Å². The van der Waals surface area contributed by atoms with Gasteiger partial charge in [0, 0.05) is 6.42 Å². The van der Waals surface area contributed by atoms with Crippen molar-refractivity contribution in [3.05, 3.63) is 36.7 Å². The van der Waals surface area contributed by atoms with Crippen LogP contribution in [0.25, 0.3) is 12.2 Å². The van der Waals surface area contributed by atoms with Gasteiger partial charge < -0.3 is 0 Å². The first-order valence-electron chi connectivity index (χ1n) is 5.87. The van der Waals surface area contributed by atoms with E-state index < -0.39 is 6.04 Å². The third kappa shape index (κ3) is 2.67. The van der Waals surface area contributed by atoms with E-state index in [0.717, 1.165) is 0 Å². The molecule has 0 bridgehead atoms. The summed E-state index contributed by atoms with van der Waals surface area (Å²) >= 11 is 0. The van der Waals surface area contributed by atoms with Gasteiger partial charge in [0.2, 0.25) is 5.91 Å². The number of carbonyl (C=O) groups excluding carboxylic acids is 2. The number of nitrogens with one attached hydrogen (secondary N) is 1. The van der Waals surface area contributed by atoms with Crippen LogP contribution in [0.1, 0.15) is 30.3 Å². The minimum absolute atomic E-state index is 0.260. The van der Waals surface area contributed by atoms with Gasteiger partial charge in [0.25, 0.3) is 5.91 Å². The summed E-state index contributed by atoms with van der Waals surface area (Å²) in [7, 11) is 0. The third-order valence-corrected chi connectivity index (χ3v) is 2.76. The number of hydrogen-bond acceptors (Lipinski definition) is 4. The predicted octanol–water partition coefficient (Wildman–Crippen LogP) is 1.10. The fraction of sp³-hybridized carbons (Fsp3) is 0.231. The Hall–Kier alpha value is -2.50. The number of piperidine rings is 1. The molecule has 0 aliphatic carbocycles. The molecule has 1 fully saturated rings. The fourth-order valence-electron chi connectivity index (χ4n) is 1.81. The highest BCUT2D eigenvalue weighted by molar-refractivity contribution is 5.99. The molecule has 1 N–H and O–H groups in total. The Morgan fingerprint density at radius 2 is 2.00 bits per heavy atom. The van der Waals surface area contributed by atoms with E-state index in [1.807, 2.05) is 0 Å². The summed E-state index contributed by atoms with van der Waals surface area (Å²) in [5.41, 5.74) is 1.20. The molecule has 1 unspecified atom stereocenters. The van der Waals surface area contributed by atoms with Crippen molar-refractivity contribution in [2.45, 2.75) is 18.9 Å². The lowest BCUT2D eigenvalue weighted by molar-refractivity contribution is -0.136. The Morgan fingerprint density at radius 3 is 2.63 bits per heavy atom. The van der Waals surface area contributed by atoms with Gasteiger partial charge in [0.15, 0.2) is 6.04 Å². The number of aromatic nitrogens is 3. The van der Waals surface area contributed by atoms with E-state index >= 15 is 0 Å². The van der Waals surface area contributed by atoms with Crippen LogP contribution in [0.5, 0.6) is 0 Å². The molecule has 2 amide bonds. The Labute approximate surface area is 110 Å². The number of nitrogens with zero attached hydrogens (tertiary/aromatic N) is 3. The van der Waals surface area contributed by atoms with E-state index in [-0.39, 0.29) is 11.8 Å². The van der Waals surface area contributed by atoms with Crippen LogP contribution in [-0.2, 0) is 9.59 Å². The van der Waals surface area contributed by atoms with Crippen LogP contribution in [0.2, 0.25) is 0 Å². The molecular formula is C13H14N4O2. The zero-order valence-electron chi connectivity index (χ0n) is 10.4. The number of amides is 2. The summed E-state index contributed by atoms with van der Waals surface area (Å²) in [6.07, 6.45) is 7.35. The van der Waals surface area contributed by atoms with Crippen molar-refractivity contribution in [2.24, 2.45) is 0 Å². The zero-order valence-corrected chi connectivity index (χ0v) is 10.4. The fourth-order valence-corrected chi connectivity index (χ4v) is 1.81. The van der Waals surface area contributed by atoms with Crippen LogP contribution in [0.4, 0.5) is 0 Å². The van der Waals surface area contributed by atoms with E-state index in [1.165, 1.54) is 4.80 Å². The average Bonchev–Trinajstić information content (AvgIpc) is 2.79. The molecule has 1 aromatic rings. The van der Waals surface area contributed by atoms with Gasteiger partial charge in [0.1, 0.15) is 11.4 Å². The van der Waals surface area contributed by atoms with Crippen LogP contribution in [0, 0.1) is 0 Å². The smallest absolute Gasteiger partial charge is 0.253 e. The average molecular weight is 258 g/mol. The number of hydrogen-bond donors (Lipinski definition) is 1. The second kappa shape index (κ2) is 5.43. The molecular weight excluding hydrogens is 244 g/mol. The van der Waals surface area contributed by atoms with Gasteiger partial charge in [-0.15, -0.1) is 0 Å². The summed E-state index contributed by atoms with van der Waals surface area (Å²) in [6, 6.07) is -0.553. The number of rotatable bonds is 4. The highest BCUT2D eigenvalue weighted by Gasteiger charge is 2.30. The first-order chi connectivity index (χ1) is 9.15. The third-order valence-electron chi connectivity index (χ3n) is 2.76. The topological polar surface area (TPSA) is 76.9 Å². The number of allylic oxidation sites excluding steroid dienone is 2. The van der Waals surface area contributed by atoms with Gasteiger partial charge in [-0.05, 0) is 18.6 Å². The SMILES string of the molecule is C=C/C=C\c1nn(C2CCC(=O)NC2=O)nc1C=C. The van der Waals surface area contributed by atoms with E-state index in [9.17, 15) is 9.59 Å². The lowest BCUT2D eigenvalue weighted by Gasteiger charge is -2.19. The minimum Gasteiger partial charge on any atom is -0.295 e. The molecule has 6 heteroatoms. The Kier molecular flexibility index (Phi) is 3.70. The minimum atomic E-state index is -0.553. The summed E-state index contributed by atoms with van der Waals surface area (Å²) < 4.78 is 0. The molecule has 98 valence electrons. The van der Waals surface area contributed by atoms with Crippen LogP contribution in [-0.4, -0.2) is 26.8 Å². The van der Waals surface area contributed by atoms with Gasteiger partial charge in [-0.1, -0.05) is 25.3 Å². The van der Waals surface area contributed by atoms with Crippen molar-refractivity contribution in [2.75, 3.05) is 0 Å². The maximum atomic E-state index is 11.7. The van der Waals surface area contributed by atoms with Crippen LogP contribution in [0.15, 0.2) is 25.3 Å². The molecule has 1 aromatic heterocycles. The van der Waals surface area contributed by atoms with Crippen LogP contribution >= 0.6 is 0 Å². The molecule has 0 saturated carbocycles. The summed E-state index contributed by atoms with van der Waals surface area (Å²) in [5.74, 6) is -0.634. The Morgan fingerprint density at radius 1 is 1.26 bits per heavy atom. The zero-order chi connectivity index (χ0) is 13.8. The lowest BCUT2D eigenvalue weighted by atomic mass is 10.1. The van der Waals surface area contributed by atoms with E-state index in [2.05, 4.69) is 28.7 Å². The first-order valence-corrected chi connectivity index (χ1v) is 5.87. The Bertz CT molecular complexity index is 571. The largest absolute Gasteiger partial charge is 0.295 e. The second-order valence-corrected chi connectivity index (χ2v) is 4.06. The standard InChI is InChI=1S/C13H14N4O2/c1-3-5-6-10-9(4-2)15-17(16-10)11-7-8-12(18)14-13(11)19/h3-6,11H,1-2,7-8H2,(H,14,18,19)/b6-5-. The second-order valence-electron chi connectivity index (χ2n) is 4.06. The summed E-state index contributed by atoms with van der Waals surface area (Å²) in [6.45, 7) is 7.24. The highest BCUT2D eigenvalue weighted by atomic mass is 16.2. The van der Waals surface area contributed by atoms with Gasteiger partial charge in [-0.2, -0.15) is 15.0 Å². The number of carbonyl (C=O) groups is 2. The molecule has 0 spiro atoms. The lowest BCUT2D eigenvalue weighted by Crippen LogP contribution is -2.42. The van der Waals surface area contributed by atoms with Crippen molar-refractivity contribution in [1.82, 2.24) is 20.3 Å². The molecule has 2 heterocycles. The maximum Gasteiger partial charge on any atom is 0.253 e. The Balaban J connectivity index is 2.30. The molecule has 2 rings (SSSR count). The van der Waals surface area contributed by atoms with Gasteiger partial charge in [-0.25, -0.2) is 0 Å². The molecule has 1 atom stereocenters. The summed E-state index contributed by atoms with van der Waals surface area (Å²) in [5, 5.41) is 10.7. The highest BCUT2D eigenvalue weighted by Crippen LogP contribution is 2.18. The van der Waals surface area contributed by atoms with Crippen molar-refractivity contribution >= 4 is 24.0 Å². The predicted molar refractivity (Wildman–Crippen MR) is 70.8 cm³/mol. The molecule has 1 aliphatic rings. The van der Waals surface area contributed by atoms with Crippen molar-refractivity contribution in [1.29, 1.82) is 0 Å². The molecule has 0 aromatic carbocycles. The monoisotopic (exact) mass is 258 g/mol. The van der Waals surface area contributed by atoms with E-state index in [1.54, 1.807) is 24.3 Å². The summed E-state index contributed by atoms with van der Waals surface area (Å²) in [4.78, 5) is 24.2. The van der Waals surface area contributed by atoms with Crippen LogP contribution in [0.3, 0.4) is 0 Å². The van der Waals surface area contributed by atoms with Gasteiger partial charge in [-0.3, -0.25) is 14.9 Å². The maximum absolute atomic E-state index is 11.7. The normalized spacial score (nSPS) is 19.5. The molecule has 0 radical (unpaired) electrons. The molecule has 6 nitrogen and oxygen atoms in total. The van der Waals surface area contributed by atoms with Crippen molar-refractivity contribution in [3.8, 4) is 0 Å². The molecule has 1 aliphatic heterocycles. The number of imide groups is 1. The molecule has 1 saturated heterocycles. The molecule has 19 heavy (non-hydrogen) atoms. The van der Waals surface area contributed by atoms with Gasteiger partial charge >= 0.3 is 0 Å². The van der Waals surface area contributed by atoms with E-state index in [0.29, 0.717) is 24.2 Å².